The molecule has 0 aliphatic rings. The van der Waals surface area contributed by atoms with Crippen LogP contribution in [0.4, 0.5) is 13.2 Å². The van der Waals surface area contributed by atoms with Crippen LogP contribution in [0.1, 0.15) is 24.4 Å². The van der Waals surface area contributed by atoms with E-state index >= 15 is 0 Å². The molecule has 1 atom stereocenters. The number of alkyl halides is 3. The van der Waals surface area contributed by atoms with E-state index in [0.717, 1.165) is 0 Å². The fraction of sp³-hybridized carbons (Fsp3) is 0.333. The molecular formula is C12H13F3N2OS. The smallest absolute Gasteiger partial charge is 0.389 e. The molecule has 0 aromatic heterocycles. The van der Waals surface area contributed by atoms with Crippen molar-refractivity contribution in [2.75, 3.05) is 0 Å². The lowest BCUT2D eigenvalue weighted by atomic mass is 10.1. The highest BCUT2D eigenvalue weighted by Gasteiger charge is 2.28. The third-order valence-corrected chi connectivity index (χ3v) is 2.59. The molecule has 1 aromatic rings. The molecule has 0 heterocycles. The number of amides is 1. The van der Waals surface area contributed by atoms with E-state index in [1.807, 2.05) is 0 Å². The van der Waals surface area contributed by atoms with Gasteiger partial charge in [-0.1, -0.05) is 42.5 Å². The maximum atomic E-state index is 12.0. The van der Waals surface area contributed by atoms with Crippen molar-refractivity contribution in [2.45, 2.75) is 25.1 Å². The Bertz CT molecular complexity index is 448. The highest BCUT2D eigenvalue weighted by molar-refractivity contribution is 7.80. The number of nitrogens with one attached hydrogen (secondary N) is 1. The summed E-state index contributed by atoms with van der Waals surface area (Å²) >= 11 is 4.82. The van der Waals surface area contributed by atoms with E-state index < -0.39 is 31.0 Å². The molecule has 3 N–H and O–H groups in total. The molecule has 0 radical (unpaired) electrons. The van der Waals surface area contributed by atoms with Crippen LogP contribution >= 0.6 is 12.2 Å². The summed E-state index contributed by atoms with van der Waals surface area (Å²) in [7, 11) is 0. The van der Waals surface area contributed by atoms with Crippen LogP contribution in [0.2, 0.25) is 0 Å². The van der Waals surface area contributed by atoms with Crippen LogP contribution in [0, 0.1) is 0 Å². The third kappa shape index (κ3) is 5.69. The van der Waals surface area contributed by atoms with E-state index in [1.165, 1.54) is 0 Å². The first-order valence-corrected chi connectivity index (χ1v) is 5.91. The molecule has 1 amide bonds. The van der Waals surface area contributed by atoms with Crippen LogP contribution in [-0.2, 0) is 4.79 Å². The highest BCUT2D eigenvalue weighted by Crippen LogP contribution is 2.21. The van der Waals surface area contributed by atoms with Gasteiger partial charge in [-0.15, -0.1) is 0 Å². The van der Waals surface area contributed by atoms with Crippen LogP contribution in [0.3, 0.4) is 0 Å². The summed E-state index contributed by atoms with van der Waals surface area (Å²) in [5.41, 5.74) is 6.13. The first-order chi connectivity index (χ1) is 8.79. The minimum absolute atomic E-state index is 0.00607. The molecule has 0 aliphatic heterocycles. The van der Waals surface area contributed by atoms with Crippen molar-refractivity contribution in [1.29, 1.82) is 0 Å². The lowest BCUT2D eigenvalue weighted by molar-refractivity contribution is -0.144. The molecule has 0 saturated heterocycles. The molecule has 1 rings (SSSR count). The molecule has 0 fully saturated rings. The fourth-order valence-electron chi connectivity index (χ4n) is 1.45. The van der Waals surface area contributed by atoms with Crippen molar-refractivity contribution in [3.8, 4) is 0 Å². The maximum absolute atomic E-state index is 12.0. The quantitative estimate of drug-likeness (QED) is 0.819. The van der Waals surface area contributed by atoms with Gasteiger partial charge in [-0.2, -0.15) is 13.2 Å². The number of halogens is 3. The zero-order valence-corrected chi connectivity index (χ0v) is 10.7. The number of hydrogen-bond acceptors (Lipinski definition) is 2. The number of hydrogen-bond donors (Lipinski definition) is 2. The van der Waals surface area contributed by atoms with Gasteiger partial charge in [0.15, 0.2) is 0 Å². The van der Waals surface area contributed by atoms with E-state index in [0.29, 0.717) is 5.56 Å². The molecule has 0 bridgehead atoms. The van der Waals surface area contributed by atoms with Crippen LogP contribution in [-0.4, -0.2) is 17.1 Å². The highest BCUT2D eigenvalue weighted by atomic mass is 32.1. The fourth-order valence-corrected chi connectivity index (χ4v) is 1.65. The minimum Gasteiger partial charge on any atom is -0.391 e. The van der Waals surface area contributed by atoms with Crippen molar-refractivity contribution < 1.29 is 18.0 Å². The number of nitrogens with two attached hydrogens (primary N) is 1. The Labute approximate surface area is 114 Å². The Hall–Kier alpha value is -1.63. The predicted octanol–water partition coefficient (Wildman–Crippen LogP) is 2.47. The minimum atomic E-state index is -4.36. The first-order valence-electron chi connectivity index (χ1n) is 5.50. The SMILES string of the molecule is NC(=S)C(NC(=O)CCC(F)(F)F)c1ccccc1. The number of carbonyl (C=O) groups is 1. The number of benzene rings is 1. The van der Waals surface area contributed by atoms with Crippen LogP contribution < -0.4 is 11.1 Å². The second kappa shape index (κ2) is 6.51. The molecule has 7 heteroatoms. The molecule has 104 valence electrons. The molecule has 1 aromatic carbocycles. The molecule has 0 spiro atoms. The summed E-state index contributed by atoms with van der Waals surface area (Å²) in [5, 5.41) is 2.40. The Morgan fingerprint density at radius 2 is 1.89 bits per heavy atom. The third-order valence-electron chi connectivity index (χ3n) is 2.36. The van der Waals surface area contributed by atoms with Gasteiger partial charge in [0.2, 0.25) is 5.91 Å². The van der Waals surface area contributed by atoms with E-state index in [-0.39, 0.29) is 4.99 Å². The monoisotopic (exact) mass is 290 g/mol. The van der Waals surface area contributed by atoms with Crippen molar-refractivity contribution in [3.63, 3.8) is 0 Å². The maximum Gasteiger partial charge on any atom is 0.389 e. The summed E-state index contributed by atoms with van der Waals surface area (Å²) in [4.78, 5) is 11.5. The summed E-state index contributed by atoms with van der Waals surface area (Å²) < 4.78 is 36.0. The molecule has 0 aliphatic carbocycles. The standard InChI is InChI=1S/C12H13F3N2OS/c13-12(14,15)7-6-9(18)17-10(11(16)19)8-4-2-1-3-5-8/h1-5,10H,6-7H2,(H2,16,19)(H,17,18). The van der Waals surface area contributed by atoms with Gasteiger partial charge in [0.1, 0.15) is 11.0 Å². The van der Waals surface area contributed by atoms with Crippen molar-refractivity contribution in [3.05, 3.63) is 35.9 Å². The second-order valence-electron chi connectivity index (χ2n) is 3.93. The number of thiocarbonyl (C=S) groups is 1. The zero-order valence-electron chi connectivity index (χ0n) is 9.91. The average Bonchev–Trinajstić information content (AvgIpc) is 2.33. The second-order valence-corrected chi connectivity index (χ2v) is 4.40. The summed E-state index contributed by atoms with van der Waals surface area (Å²) in [6.45, 7) is 0. The first kappa shape index (κ1) is 15.4. The zero-order chi connectivity index (χ0) is 14.5. The molecule has 0 saturated carbocycles. The summed E-state index contributed by atoms with van der Waals surface area (Å²) in [6.07, 6.45) is -6.17. The van der Waals surface area contributed by atoms with Gasteiger partial charge in [0.25, 0.3) is 0 Å². The Morgan fingerprint density at radius 1 is 1.32 bits per heavy atom. The normalized spacial score (nSPS) is 12.8. The molecule has 3 nitrogen and oxygen atoms in total. The van der Waals surface area contributed by atoms with E-state index in [9.17, 15) is 18.0 Å². The van der Waals surface area contributed by atoms with Gasteiger partial charge in [0, 0.05) is 6.42 Å². The molecular weight excluding hydrogens is 277 g/mol. The van der Waals surface area contributed by atoms with Crippen molar-refractivity contribution in [2.24, 2.45) is 5.73 Å². The van der Waals surface area contributed by atoms with Gasteiger partial charge >= 0.3 is 6.18 Å². The Kier molecular flexibility index (Phi) is 5.29. The molecule has 1 unspecified atom stereocenters. The molecule has 19 heavy (non-hydrogen) atoms. The summed E-state index contributed by atoms with van der Waals surface area (Å²) in [6, 6.07) is 7.84. The van der Waals surface area contributed by atoms with E-state index in [2.05, 4.69) is 5.32 Å². The van der Waals surface area contributed by atoms with Crippen molar-refractivity contribution in [1.82, 2.24) is 5.32 Å². The number of carbonyl (C=O) groups excluding carboxylic acids is 1. The number of rotatable bonds is 5. The van der Waals surface area contributed by atoms with Crippen molar-refractivity contribution >= 4 is 23.1 Å². The average molecular weight is 290 g/mol. The topological polar surface area (TPSA) is 55.1 Å². The van der Waals surface area contributed by atoms with Gasteiger partial charge in [-0.3, -0.25) is 4.79 Å². The van der Waals surface area contributed by atoms with Crippen LogP contribution in [0.25, 0.3) is 0 Å². The van der Waals surface area contributed by atoms with Crippen LogP contribution in [0.5, 0.6) is 0 Å². The van der Waals surface area contributed by atoms with Gasteiger partial charge < -0.3 is 11.1 Å². The lowest BCUT2D eigenvalue weighted by Crippen LogP contribution is -2.36. The van der Waals surface area contributed by atoms with E-state index in [1.54, 1.807) is 30.3 Å². The predicted molar refractivity (Wildman–Crippen MR) is 69.4 cm³/mol. The summed E-state index contributed by atoms with van der Waals surface area (Å²) in [5.74, 6) is -0.737. The van der Waals surface area contributed by atoms with Gasteiger partial charge in [0.05, 0.1) is 6.42 Å². The van der Waals surface area contributed by atoms with Gasteiger partial charge in [-0.25, -0.2) is 0 Å². The van der Waals surface area contributed by atoms with Gasteiger partial charge in [-0.05, 0) is 5.56 Å². The van der Waals surface area contributed by atoms with E-state index in [4.69, 9.17) is 18.0 Å². The van der Waals surface area contributed by atoms with Crippen LogP contribution in [0.15, 0.2) is 30.3 Å². The largest absolute Gasteiger partial charge is 0.391 e. The Balaban J connectivity index is 2.65. The lowest BCUT2D eigenvalue weighted by Gasteiger charge is -2.18. The Morgan fingerprint density at radius 3 is 2.37 bits per heavy atom.